The third-order valence-electron chi connectivity index (χ3n) is 4.12. The smallest absolute Gasteiger partial charge is 0.104 e. The van der Waals surface area contributed by atoms with Crippen LogP contribution in [-0.4, -0.2) is 10.1 Å². The van der Waals surface area contributed by atoms with Crippen LogP contribution in [0.1, 0.15) is 33.9 Å². The minimum absolute atomic E-state index is 0.615. The summed E-state index contributed by atoms with van der Waals surface area (Å²) in [5.74, 6) is 0. The topological polar surface area (TPSA) is 33.1 Å². The van der Waals surface area contributed by atoms with Gasteiger partial charge in [-0.2, -0.15) is 0 Å². The zero-order valence-corrected chi connectivity index (χ0v) is 12.6. The Morgan fingerprint density at radius 2 is 1.67 bits per heavy atom. The maximum atomic E-state index is 10.7. The van der Waals surface area contributed by atoms with Gasteiger partial charge in [-0.3, -0.25) is 4.98 Å². The van der Waals surface area contributed by atoms with Gasteiger partial charge in [-0.25, -0.2) is 0 Å². The third kappa shape index (κ3) is 2.55. The number of aromatic nitrogens is 1. The standard InChI is InChI=1S/C19H19NO/c1-12-9-14(3)17(10-13(12)2)19(21)16-7-6-15-5-4-8-20-18(15)11-16/h4-11,19,21H,1-3H3. The Kier molecular flexibility index (Phi) is 3.48. The van der Waals surface area contributed by atoms with Gasteiger partial charge in [0.25, 0.3) is 0 Å². The predicted octanol–water partition coefficient (Wildman–Crippen LogP) is 4.24. The van der Waals surface area contributed by atoms with Crippen molar-refractivity contribution in [3.63, 3.8) is 0 Å². The van der Waals surface area contributed by atoms with Gasteiger partial charge in [0.1, 0.15) is 6.10 Å². The van der Waals surface area contributed by atoms with Crippen LogP contribution >= 0.6 is 0 Å². The molecule has 0 bridgehead atoms. The number of nitrogens with zero attached hydrogens (tertiary/aromatic N) is 1. The molecule has 0 radical (unpaired) electrons. The molecule has 1 N–H and O–H groups in total. The highest BCUT2D eigenvalue weighted by Gasteiger charge is 2.14. The average Bonchev–Trinajstić information content (AvgIpc) is 2.50. The van der Waals surface area contributed by atoms with E-state index in [1.165, 1.54) is 11.1 Å². The molecule has 0 amide bonds. The molecular weight excluding hydrogens is 258 g/mol. The molecule has 2 aromatic carbocycles. The molecule has 0 saturated heterocycles. The summed E-state index contributed by atoms with van der Waals surface area (Å²) < 4.78 is 0. The second-order valence-electron chi connectivity index (χ2n) is 5.65. The van der Waals surface area contributed by atoms with Crippen molar-refractivity contribution in [3.8, 4) is 0 Å². The van der Waals surface area contributed by atoms with Crippen LogP contribution in [0.5, 0.6) is 0 Å². The lowest BCUT2D eigenvalue weighted by atomic mass is 9.93. The van der Waals surface area contributed by atoms with Gasteiger partial charge < -0.3 is 5.11 Å². The fourth-order valence-electron chi connectivity index (χ4n) is 2.71. The van der Waals surface area contributed by atoms with Gasteiger partial charge in [-0.1, -0.05) is 30.3 Å². The van der Waals surface area contributed by atoms with Crippen LogP contribution in [0.15, 0.2) is 48.7 Å². The minimum atomic E-state index is -0.615. The van der Waals surface area contributed by atoms with Crippen molar-refractivity contribution in [2.45, 2.75) is 26.9 Å². The molecule has 1 unspecified atom stereocenters. The zero-order valence-electron chi connectivity index (χ0n) is 12.6. The summed E-state index contributed by atoms with van der Waals surface area (Å²) in [6.07, 6.45) is 1.16. The Morgan fingerprint density at radius 1 is 0.905 bits per heavy atom. The number of fused-ring (bicyclic) bond motifs is 1. The highest BCUT2D eigenvalue weighted by molar-refractivity contribution is 5.79. The summed E-state index contributed by atoms with van der Waals surface area (Å²) in [5, 5.41) is 11.8. The number of rotatable bonds is 2. The molecule has 0 saturated carbocycles. The van der Waals surface area contributed by atoms with Crippen molar-refractivity contribution in [2.75, 3.05) is 0 Å². The number of aliphatic hydroxyl groups is 1. The number of benzene rings is 2. The predicted molar refractivity (Wildman–Crippen MR) is 86.5 cm³/mol. The molecule has 2 heteroatoms. The zero-order chi connectivity index (χ0) is 15.0. The van der Waals surface area contributed by atoms with Crippen LogP contribution in [0.3, 0.4) is 0 Å². The van der Waals surface area contributed by atoms with Crippen molar-refractivity contribution >= 4 is 10.9 Å². The van der Waals surface area contributed by atoms with Crippen LogP contribution < -0.4 is 0 Å². The molecule has 3 rings (SSSR count). The van der Waals surface area contributed by atoms with Crippen molar-refractivity contribution in [2.24, 2.45) is 0 Å². The quantitative estimate of drug-likeness (QED) is 0.760. The van der Waals surface area contributed by atoms with Gasteiger partial charge in [0.15, 0.2) is 0 Å². The Labute approximate surface area is 125 Å². The SMILES string of the molecule is Cc1cc(C)c(C(O)c2ccc3cccnc3c2)cc1C. The highest BCUT2D eigenvalue weighted by Crippen LogP contribution is 2.28. The second kappa shape index (κ2) is 5.30. The third-order valence-corrected chi connectivity index (χ3v) is 4.12. The lowest BCUT2D eigenvalue weighted by Gasteiger charge is -2.16. The van der Waals surface area contributed by atoms with E-state index >= 15 is 0 Å². The first-order valence-corrected chi connectivity index (χ1v) is 7.17. The Balaban J connectivity index is 2.07. The number of pyridine rings is 1. The molecule has 2 nitrogen and oxygen atoms in total. The van der Waals surface area contributed by atoms with Gasteiger partial charge >= 0.3 is 0 Å². The van der Waals surface area contributed by atoms with Crippen LogP contribution in [0.25, 0.3) is 10.9 Å². The maximum absolute atomic E-state index is 10.7. The molecule has 1 heterocycles. The first kappa shape index (κ1) is 13.8. The first-order valence-electron chi connectivity index (χ1n) is 7.17. The van der Waals surface area contributed by atoms with Crippen LogP contribution in [0, 0.1) is 20.8 Å². The maximum Gasteiger partial charge on any atom is 0.104 e. The molecule has 21 heavy (non-hydrogen) atoms. The van der Waals surface area contributed by atoms with E-state index in [1.807, 2.05) is 37.3 Å². The average molecular weight is 277 g/mol. The van der Waals surface area contributed by atoms with Crippen molar-refractivity contribution < 1.29 is 5.11 Å². The van der Waals surface area contributed by atoms with E-state index in [4.69, 9.17) is 0 Å². The summed E-state index contributed by atoms with van der Waals surface area (Å²) in [4.78, 5) is 4.36. The molecule has 0 spiro atoms. The lowest BCUT2D eigenvalue weighted by Crippen LogP contribution is -2.03. The van der Waals surface area contributed by atoms with Gasteiger partial charge in [0, 0.05) is 11.6 Å². The highest BCUT2D eigenvalue weighted by atomic mass is 16.3. The number of hydrogen-bond acceptors (Lipinski definition) is 2. The van der Waals surface area contributed by atoms with Gasteiger partial charge in [0.2, 0.25) is 0 Å². The number of aryl methyl sites for hydroxylation is 3. The summed E-state index contributed by atoms with van der Waals surface area (Å²) in [7, 11) is 0. The second-order valence-corrected chi connectivity index (χ2v) is 5.65. The fraction of sp³-hybridized carbons (Fsp3) is 0.211. The van der Waals surface area contributed by atoms with E-state index in [2.05, 4.69) is 31.0 Å². The van der Waals surface area contributed by atoms with Gasteiger partial charge in [0.05, 0.1) is 5.52 Å². The molecule has 0 fully saturated rings. The van der Waals surface area contributed by atoms with E-state index in [1.54, 1.807) is 6.20 Å². The summed E-state index contributed by atoms with van der Waals surface area (Å²) in [5.41, 5.74) is 6.33. The molecule has 106 valence electrons. The van der Waals surface area contributed by atoms with Crippen LogP contribution in [0.4, 0.5) is 0 Å². The van der Waals surface area contributed by atoms with E-state index in [0.29, 0.717) is 0 Å². The Morgan fingerprint density at radius 3 is 2.48 bits per heavy atom. The largest absolute Gasteiger partial charge is 0.384 e. The summed E-state index contributed by atoms with van der Waals surface area (Å²) in [6, 6.07) is 14.1. The molecule has 3 aromatic rings. The van der Waals surface area contributed by atoms with Crippen LogP contribution in [0.2, 0.25) is 0 Å². The summed E-state index contributed by atoms with van der Waals surface area (Å²) in [6.45, 7) is 6.22. The molecule has 0 aliphatic rings. The molecule has 0 aliphatic carbocycles. The molecule has 0 aliphatic heterocycles. The molecule has 1 atom stereocenters. The number of aliphatic hydroxyl groups excluding tert-OH is 1. The van der Waals surface area contributed by atoms with E-state index in [-0.39, 0.29) is 0 Å². The Hall–Kier alpha value is -2.19. The lowest BCUT2D eigenvalue weighted by molar-refractivity contribution is 0.219. The van der Waals surface area contributed by atoms with Crippen molar-refractivity contribution in [1.82, 2.24) is 4.98 Å². The summed E-state index contributed by atoms with van der Waals surface area (Å²) >= 11 is 0. The normalized spacial score (nSPS) is 12.6. The molecule has 1 aromatic heterocycles. The minimum Gasteiger partial charge on any atom is -0.384 e. The Bertz CT molecular complexity index is 808. The van der Waals surface area contributed by atoms with Gasteiger partial charge in [-0.15, -0.1) is 0 Å². The fourth-order valence-corrected chi connectivity index (χ4v) is 2.71. The first-order chi connectivity index (χ1) is 10.1. The van der Waals surface area contributed by atoms with E-state index < -0.39 is 6.10 Å². The monoisotopic (exact) mass is 277 g/mol. The van der Waals surface area contributed by atoms with Crippen LogP contribution in [-0.2, 0) is 0 Å². The van der Waals surface area contributed by atoms with E-state index in [9.17, 15) is 5.11 Å². The number of hydrogen-bond donors (Lipinski definition) is 1. The van der Waals surface area contributed by atoms with Gasteiger partial charge in [-0.05, 0) is 60.7 Å². The van der Waals surface area contributed by atoms with E-state index in [0.717, 1.165) is 27.6 Å². The van der Waals surface area contributed by atoms with Crippen molar-refractivity contribution in [3.05, 3.63) is 76.5 Å². The molecular formula is C19H19NO. The van der Waals surface area contributed by atoms with Crippen molar-refractivity contribution in [1.29, 1.82) is 0 Å².